The number of alkyl halides is 3. The van der Waals surface area contributed by atoms with Gasteiger partial charge in [0.25, 0.3) is 10.0 Å². The third-order valence-electron chi connectivity index (χ3n) is 3.48. The second kappa shape index (κ2) is 6.65. The maximum absolute atomic E-state index is 13.4. The number of aromatic nitrogens is 2. The van der Waals surface area contributed by atoms with Crippen molar-refractivity contribution < 1.29 is 30.4 Å². The van der Waals surface area contributed by atoms with Gasteiger partial charge in [-0.3, -0.25) is 4.72 Å². The molecule has 0 amide bonds. The van der Waals surface area contributed by atoms with Gasteiger partial charge in [-0.25, -0.2) is 12.8 Å². The SMILES string of the molecule is Cc1nnc(-c2ccccc2NS(=O)(=O)c2ccc(F)c(C(F)(F)F)c2)o1. The first kappa shape index (κ1) is 18.8. The topological polar surface area (TPSA) is 85.1 Å². The summed E-state index contributed by atoms with van der Waals surface area (Å²) in [6, 6.07) is 7.40. The Bertz CT molecular complexity index is 1090. The predicted molar refractivity (Wildman–Crippen MR) is 86.7 cm³/mol. The number of hydrogen-bond acceptors (Lipinski definition) is 5. The largest absolute Gasteiger partial charge is 0.421 e. The number of para-hydroxylation sites is 1. The second-order valence-electron chi connectivity index (χ2n) is 5.42. The summed E-state index contributed by atoms with van der Waals surface area (Å²) >= 11 is 0. The van der Waals surface area contributed by atoms with Crippen LogP contribution in [0.5, 0.6) is 0 Å². The molecule has 0 fully saturated rings. The Morgan fingerprint density at radius 1 is 1.07 bits per heavy atom. The van der Waals surface area contributed by atoms with Gasteiger partial charge in [0.05, 0.1) is 21.7 Å². The van der Waals surface area contributed by atoms with E-state index in [0.717, 1.165) is 6.07 Å². The van der Waals surface area contributed by atoms with Crippen LogP contribution in [0, 0.1) is 12.7 Å². The molecule has 2 aromatic carbocycles. The average molecular weight is 401 g/mol. The Kier molecular flexibility index (Phi) is 4.64. The van der Waals surface area contributed by atoms with Crippen molar-refractivity contribution in [3.05, 3.63) is 59.7 Å². The van der Waals surface area contributed by atoms with Gasteiger partial charge in [-0.2, -0.15) is 13.2 Å². The zero-order valence-electron chi connectivity index (χ0n) is 13.6. The van der Waals surface area contributed by atoms with Gasteiger partial charge in [0.2, 0.25) is 11.8 Å². The number of nitrogens with zero attached hydrogens (tertiary/aromatic N) is 2. The van der Waals surface area contributed by atoms with Crippen LogP contribution < -0.4 is 4.72 Å². The first-order valence-corrected chi connectivity index (χ1v) is 8.85. The summed E-state index contributed by atoms with van der Waals surface area (Å²) in [5.74, 6) is -1.29. The number of halogens is 4. The third-order valence-corrected chi connectivity index (χ3v) is 4.84. The number of rotatable bonds is 4. The minimum atomic E-state index is -5.03. The van der Waals surface area contributed by atoms with Gasteiger partial charge in [0, 0.05) is 6.92 Å². The molecule has 0 unspecified atom stereocenters. The molecule has 1 heterocycles. The molecule has 6 nitrogen and oxygen atoms in total. The monoisotopic (exact) mass is 401 g/mol. The van der Waals surface area contributed by atoms with E-state index in [0.29, 0.717) is 6.07 Å². The lowest BCUT2D eigenvalue weighted by Gasteiger charge is -2.13. The van der Waals surface area contributed by atoms with Crippen LogP contribution in [0.25, 0.3) is 11.5 Å². The molecule has 1 aromatic heterocycles. The van der Waals surface area contributed by atoms with Gasteiger partial charge in [0.15, 0.2) is 0 Å². The van der Waals surface area contributed by atoms with E-state index in [-0.39, 0.29) is 29.1 Å². The number of benzene rings is 2. The van der Waals surface area contributed by atoms with Crippen molar-refractivity contribution in [1.29, 1.82) is 0 Å². The molecule has 27 heavy (non-hydrogen) atoms. The predicted octanol–water partition coefficient (Wildman–Crippen LogP) is 4.00. The van der Waals surface area contributed by atoms with Crippen LogP contribution in [0.1, 0.15) is 11.5 Å². The van der Waals surface area contributed by atoms with E-state index < -0.39 is 32.5 Å². The standard InChI is InChI=1S/C16H11F4N3O3S/c1-9-21-22-15(26-9)11-4-2-3-5-14(11)23-27(24,25)10-6-7-13(17)12(8-10)16(18,19)20/h2-8,23H,1H3. The van der Waals surface area contributed by atoms with E-state index in [1.165, 1.54) is 18.2 Å². The number of hydrogen-bond donors (Lipinski definition) is 1. The molecule has 11 heteroatoms. The normalized spacial score (nSPS) is 12.2. The van der Waals surface area contributed by atoms with Crippen LogP contribution in [0.2, 0.25) is 0 Å². The quantitative estimate of drug-likeness (QED) is 0.668. The van der Waals surface area contributed by atoms with Crippen molar-refractivity contribution in [1.82, 2.24) is 10.2 Å². The Hall–Kier alpha value is -2.95. The molecule has 3 aromatic rings. The third kappa shape index (κ3) is 3.92. The molecule has 3 rings (SSSR count). The molecular formula is C16H11F4N3O3S. The molecule has 0 aliphatic heterocycles. The summed E-state index contributed by atoms with van der Waals surface area (Å²) < 4.78 is 84.4. The molecule has 142 valence electrons. The van der Waals surface area contributed by atoms with Crippen molar-refractivity contribution in [2.24, 2.45) is 0 Å². The lowest BCUT2D eigenvalue weighted by Crippen LogP contribution is -2.16. The van der Waals surface area contributed by atoms with E-state index in [2.05, 4.69) is 14.9 Å². The zero-order chi connectivity index (χ0) is 19.8. The van der Waals surface area contributed by atoms with Crippen LogP contribution in [-0.2, 0) is 16.2 Å². The molecule has 0 atom stereocenters. The van der Waals surface area contributed by atoms with Gasteiger partial charge in [-0.05, 0) is 30.3 Å². The van der Waals surface area contributed by atoms with Crippen molar-refractivity contribution in [3.63, 3.8) is 0 Å². The maximum atomic E-state index is 13.4. The van der Waals surface area contributed by atoms with Gasteiger partial charge in [0.1, 0.15) is 5.82 Å². The highest BCUT2D eigenvalue weighted by Gasteiger charge is 2.35. The lowest BCUT2D eigenvalue weighted by atomic mass is 10.2. The molecule has 1 N–H and O–H groups in total. The molecule has 0 aliphatic carbocycles. The Morgan fingerprint density at radius 3 is 2.41 bits per heavy atom. The van der Waals surface area contributed by atoms with E-state index in [4.69, 9.17) is 4.42 Å². The number of nitrogens with one attached hydrogen (secondary N) is 1. The molecule has 0 aliphatic rings. The Balaban J connectivity index is 2.02. The van der Waals surface area contributed by atoms with E-state index in [1.54, 1.807) is 13.0 Å². The molecule has 0 saturated carbocycles. The lowest BCUT2D eigenvalue weighted by molar-refractivity contribution is -0.140. The van der Waals surface area contributed by atoms with Crippen LogP contribution in [0.15, 0.2) is 51.8 Å². The van der Waals surface area contributed by atoms with Gasteiger partial charge in [-0.1, -0.05) is 12.1 Å². The minimum absolute atomic E-state index is 0.0130. The van der Waals surface area contributed by atoms with Crippen LogP contribution >= 0.6 is 0 Å². The number of aryl methyl sites for hydroxylation is 1. The second-order valence-corrected chi connectivity index (χ2v) is 7.10. The minimum Gasteiger partial charge on any atom is -0.421 e. The summed E-state index contributed by atoms with van der Waals surface area (Å²) in [7, 11) is -4.44. The molecular weight excluding hydrogens is 390 g/mol. The summed E-state index contributed by atoms with van der Waals surface area (Å²) in [4.78, 5) is -0.743. The summed E-state index contributed by atoms with van der Waals surface area (Å²) in [6.07, 6.45) is -5.03. The smallest absolute Gasteiger partial charge is 0.419 e. The maximum Gasteiger partial charge on any atom is 0.419 e. The summed E-state index contributed by atoms with van der Waals surface area (Å²) in [6.45, 7) is 1.54. The highest BCUT2D eigenvalue weighted by molar-refractivity contribution is 7.92. The van der Waals surface area contributed by atoms with E-state index >= 15 is 0 Å². The van der Waals surface area contributed by atoms with E-state index in [9.17, 15) is 26.0 Å². The summed E-state index contributed by atoms with van der Waals surface area (Å²) in [5, 5.41) is 7.43. The zero-order valence-corrected chi connectivity index (χ0v) is 14.4. The molecule has 0 radical (unpaired) electrons. The van der Waals surface area contributed by atoms with Crippen LogP contribution in [0.3, 0.4) is 0 Å². The molecule has 0 saturated heterocycles. The fraction of sp³-hybridized carbons (Fsp3) is 0.125. The van der Waals surface area contributed by atoms with Crippen molar-refractivity contribution in [2.75, 3.05) is 4.72 Å². The van der Waals surface area contributed by atoms with Crippen molar-refractivity contribution in [3.8, 4) is 11.5 Å². The van der Waals surface area contributed by atoms with Crippen LogP contribution in [-0.4, -0.2) is 18.6 Å². The number of anilines is 1. The highest BCUT2D eigenvalue weighted by atomic mass is 32.2. The number of sulfonamides is 1. The Morgan fingerprint density at radius 2 is 1.78 bits per heavy atom. The van der Waals surface area contributed by atoms with Gasteiger partial charge < -0.3 is 4.42 Å². The van der Waals surface area contributed by atoms with E-state index in [1.807, 2.05) is 0 Å². The fourth-order valence-corrected chi connectivity index (χ4v) is 3.36. The van der Waals surface area contributed by atoms with Crippen molar-refractivity contribution >= 4 is 15.7 Å². The summed E-state index contributed by atoms with van der Waals surface area (Å²) in [5.41, 5.74) is -1.43. The van der Waals surface area contributed by atoms with Crippen molar-refractivity contribution in [2.45, 2.75) is 18.0 Å². The first-order valence-electron chi connectivity index (χ1n) is 7.37. The van der Waals surface area contributed by atoms with Gasteiger partial charge >= 0.3 is 6.18 Å². The first-order chi connectivity index (χ1) is 12.6. The highest BCUT2D eigenvalue weighted by Crippen LogP contribution is 2.34. The Labute approximate surface area is 150 Å². The molecule has 0 bridgehead atoms. The van der Waals surface area contributed by atoms with Gasteiger partial charge in [-0.15, -0.1) is 10.2 Å². The fourth-order valence-electron chi connectivity index (χ4n) is 2.26. The average Bonchev–Trinajstić information content (AvgIpc) is 3.00. The molecule has 0 spiro atoms. The van der Waals surface area contributed by atoms with Crippen LogP contribution in [0.4, 0.5) is 23.2 Å².